The molecular weight excluding hydrogens is 94.0 g/mol. The van der Waals surface area contributed by atoms with Crippen LogP contribution in [0, 0.1) is 6.26 Å². The van der Waals surface area contributed by atoms with Gasteiger partial charge in [-0.3, -0.25) is 4.84 Å². The predicted octanol–water partition coefficient (Wildman–Crippen LogP) is 0.112. The van der Waals surface area contributed by atoms with Crippen LogP contribution in [0.5, 0.6) is 0 Å². The van der Waals surface area contributed by atoms with Gasteiger partial charge in [-0.05, 0) is 0 Å². The van der Waals surface area contributed by atoms with Crippen LogP contribution in [0.2, 0.25) is 0 Å². The molecule has 0 unspecified atom stereocenters. The molecule has 0 bridgehead atoms. The zero-order valence-corrected chi connectivity index (χ0v) is 4.05. The summed E-state index contributed by atoms with van der Waals surface area (Å²) in [7, 11) is 1.58. The van der Waals surface area contributed by atoms with Crippen LogP contribution in [0.15, 0.2) is 6.20 Å². The maximum Gasteiger partial charge on any atom is 0.184 e. The second-order valence-corrected chi connectivity index (χ2v) is 1.12. The Morgan fingerprint density at radius 2 is 2.86 bits per heavy atom. The Bertz CT molecular complexity index is 81.8. The van der Waals surface area contributed by atoms with Crippen molar-refractivity contribution in [1.82, 2.24) is 5.06 Å². The van der Waals surface area contributed by atoms with E-state index in [1.54, 1.807) is 13.3 Å². The van der Waals surface area contributed by atoms with E-state index in [0.29, 0.717) is 6.73 Å². The van der Waals surface area contributed by atoms with Crippen LogP contribution in [0.3, 0.4) is 0 Å². The molecule has 1 heterocycles. The summed E-state index contributed by atoms with van der Waals surface area (Å²) in [6.45, 7) is 0.455. The van der Waals surface area contributed by atoms with Crippen LogP contribution < -0.4 is 0 Å². The average molecular weight is 100 g/mol. The number of hydroxylamine groups is 2. The van der Waals surface area contributed by atoms with Crippen molar-refractivity contribution in [3.63, 3.8) is 0 Å². The third-order valence-corrected chi connectivity index (χ3v) is 0.706. The molecule has 1 aliphatic rings. The van der Waals surface area contributed by atoms with Gasteiger partial charge >= 0.3 is 0 Å². The van der Waals surface area contributed by atoms with Gasteiger partial charge in [-0.15, -0.1) is 0 Å². The van der Waals surface area contributed by atoms with Gasteiger partial charge in [0.1, 0.15) is 0 Å². The summed E-state index contributed by atoms with van der Waals surface area (Å²) in [5.41, 5.74) is 0. The topological polar surface area (TPSA) is 21.7 Å². The van der Waals surface area contributed by atoms with Crippen LogP contribution in [-0.4, -0.2) is 18.9 Å². The molecule has 7 heavy (non-hydrogen) atoms. The highest BCUT2D eigenvalue weighted by Gasteiger charge is 2.00. The Labute approximate surface area is 42.1 Å². The summed E-state index contributed by atoms with van der Waals surface area (Å²) in [5, 5.41) is 1.53. The molecule has 0 saturated carbocycles. The van der Waals surface area contributed by atoms with Gasteiger partial charge in [-0.25, -0.2) is 5.06 Å². The lowest BCUT2D eigenvalue weighted by Gasteiger charge is -2.06. The molecule has 0 aromatic rings. The van der Waals surface area contributed by atoms with Crippen molar-refractivity contribution in [2.75, 3.05) is 13.8 Å². The van der Waals surface area contributed by atoms with E-state index in [2.05, 4.69) is 11.0 Å². The van der Waals surface area contributed by atoms with E-state index in [-0.39, 0.29) is 0 Å². The molecule has 0 aromatic heterocycles. The lowest BCUT2D eigenvalue weighted by molar-refractivity contribution is -0.117. The first kappa shape index (κ1) is 4.46. The molecule has 1 aliphatic heterocycles. The molecule has 0 atom stereocenters. The number of ether oxygens (including phenoxy) is 1. The van der Waals surface area contributed by atoms with Crippen molar-refractivity contribution in [1.29, 1.82) is 0 Å². The zero-order valence-electron chi connectivity index (χ0n) is 4.05. The Morgan fingerprint density at radius 1 is 2.00 bits per heavy atom. The summed E-state index contributed by atoms with van der Waals surface area (Å²) in [6, 6.07) is 0. The fourth-order valence-corrected chi connectivity index (χ4v) is 0.340. The molecule has 0 amide bonds. The number of nitrogens with zero attached hydrogens (tertiary/aromatic N) is 1. The second-order valence-electron chi connectivity index (χ2n) is 1.12. The molecular formula is C4H6NO2. The molecule has 1 radical (unpaired) electrons. The van der Waals surface area contributed by atoms with Gasteiger partial charge in [-0.1, -0.05) is 0 Å². The molecule has 1 rings (SSSR count). The third kappa shape index (κ3) is 0.838. The molecule has 0 spiro atoms. The molecule has 0 aliphatic carbocycles. The van der Waals surface area contributed by atoms with Crippen LogP contribution in [0.1, 0.15) is 0 Å². The highest BCUT2D eigenvalue weighted by molar-refractivity contribution is 4.65. The van der Waals surface area contributed by atoms with Crippen molar-refractivity contribution >= 4 is 0 Å². The lowest BCUT2D eigenvalue weighted by atomic mass is 11.0. The van der Waals surface area contributed by atoms with Crippen molar-refractivity contribution < 1.29 is 9.57 Å². The van der Waals surface area contributed by atoms with E-state index in [1.165, 1.54) is 5.06 Å². The summed E-state index contributed by atoms with van der Waals surface area (Å²) < 4.78 is 4.64. The maximum atomic E-state index is 4.70. The summed E-state index contributed by atoms with van der Waals surface area (Å²) in [5.74, 6) is 0. The fraction of sp³-hybridized carbons (Fsp3) is 0.500. The van der Waals surface area contributed by atoms with E-state index in [0.717, 1.165) is 0 Å². The first-order valence-electron chi connectivity index (χ1n) is 1.95. The van der Waals surface area contributed by atoms with Crippen LogP contribution >= 0.6 is 0 Å². The Kier molecular flexibility index (Phi) is 1.17. The standard InChI is InChI=1S/C4H6NO2/c1-6-5-2-3-7-4-5/h2H,4H2,1H3. The molecule has 3 heteroatoms. The molecule has 0 saturated heterocycles. The van der Waals surface area contributed by atoms with Crippen LogP contribution in [0.25, 0.3) is 0 Å². The zero-order chi connectivity index (χ0) is 5.11. The minimum absolute atomic E-state index is 0.455. The highest BCUT2D eigenvalue weighted by atomic mass is 16.7. The smallest absolute Gasteiger partial charge is 0.184 e. The predicted molar refractivity (Wildman–Crippen MR) is 22.6 cm³/mol. The molecule has 0 N–H and O–H groups in total. The van der Waals surface area contributed by atoms with Gasteiger partial charge in [0.2, 0.25) is 0 Å². The maximum absolute atomic E-state index is 4.70. The van der Waals surface area contributed by atoms with E-state index in [9.17, 15) is 0 Å². The van der Waals surface area contributed by atoms with Gasteiger partial charge in [0.15, 0.2) is 13.0 Å². The normalized spacial score (nSPS) is 17.6. The van der Waals surface area contributed by atoms with Gasteiger partial charge in [0.05, 0.1) is 13.3 Å². The SMILES string of the molecule is CON1C=[C]OC1. The number of rotatable bonds is 1. The monoisotopic (exact) mass is 100 g/mol. The summed E-state index contributed by atoms with van der Waals surface area (Å²) in [4.78, 5) is 4.70. The molecule has 0 aromatic carbocycles. The first-order chi connectivity index (χ1) is 3.43. The summed E-state index contributed by atoms with van der Waals surface area (Å²) >= 11 is 0. The molecule has 39 valence electrons. The number of hydrogen-bond donors (Lipinski definition) is 0. The van der Waals surface area contributed by atoms with E-state index in [4.69, 9.17) is 4.84 Å². The fourth-order valence-electron chi connectivity index (χ4n) is 0.340. The Balaban J connectivity index is 2.28. The van der Waals surface area contributed by atoms with Crippen molar-refractivity contribution in [3.8, 4) is 0 Å². The second kappa shape index (κ2) is 1.84. The minimum Gasteiger partial charge on any atom is -0.465 e. The minimum atomic E-state index is 0.455. The number of hydrogen-bond acceptors (Lipinski definition) is 3. The van der Waals surface area contributed by atoms with E-state index in [1.807, 2.05) is 0 Å². The van der Waals surface area contributed by atoms with Gasteiger partial charge in [-0.2, -0.15) is 0 Å². The molecule has 0 fully saturated rings. The van der Waals surface area contributed by atoms with Gasteiger partial charge in [0, 0.05) is 0 Å². The Morgan fingerprint density at radius 3 is 3.14 bits per heavy atom. The van der Waals surface area contributed by atoms with Crippen LogP contribution in [0.4, 0.5) is 0 Å². The van der Waals surface area contributed by atoms with E-state index >= 15 is 0 Å². The van der Waals surface area contributed by atoms with Crippen molar-refractivity contribution in [2.24, 2.45) is 0 Å². The van der Waals surface area contributed by atoms with Gasteiger partial charge < -0.3 is 4.74 Å². The average Bonchev–Trinajstić information content (AvgIpc) is 2.14. The quantitative estimate of drug-likeness (QED) is 0.467. The Hall–Kier alpha value is -0.700. The molecule has 3 nitrogen and oxygen atoms in total. The van der Waals surface area contributed by atoms with Crippen molar-refractivity contribution in [2.45, 2.75) is 0 Å². The summed E-state index contributed by atoms with van der Waals surface area (Å²) in [6.07, 6.45) is 4.10. The van der Waals surface area contributed by atoms with E-state index < -0.39 is 0 Å². The first-order valence-corrected chi connectivity index (χ1v) is 1.95. The highest BCUT2D eigenvalue weighted by Crippen LogP contribution is 1.96. The lowest BCUT2D eigenvalue weighted by Crippen LogP contribution is -2.12. The largest absolute Gasteiger partial charge is 0.465 e. The van der Waals surface area contributed by atoms with Gasteiger partial charge in [0.25, 0.3) is 0 Å². The van der Waals surface area contributed by atoms with Crippen molar-refractivity contribution in [3.05, 3.63) is 12.5 Å². The third-order valence-electron chi connectivity index (χ3n) is 0.706. The van der Waals surface area contributed by atoms with Crippen LogP contribution in [-0.2, 0) is 9.57 Å².